The van der Waals surface area contributed by atoms with Crippen molar-refractivity contribution in [2.75, 3.05) is 13.1 Å². The van der Waals surface area contributed by atoms with Gasteiger partial charge >= 0.3 is 6.09 Å². The molecule has 0 aromatic heterocycles. The Hall–Kier alpha value is -3.05. The molecule has 0 fully saturated rings. The lowest BCUT2D eigenvalue weighted by Gasteiger charge is -2.30. The van der Waals surface area contributed by atoms with Crippen LogP contribution in [-0.2, 0) is 13.0 Å². The van der Waals surface area contributed by atoms with Crippen molar-refractivity contribution in [3.05, 3.63) is 128 Å². The number of benzene rings is 4. The summed E-state index contributed by atoms with van der Waals surface area (Å²) >= 11 is 2.17. The van der Waals surface area contributed by atoms with Crippen LogP contribution in [0, 0.1) is 15.2 Å². The predicted molar refractivity (Wildman–Crippen MR) is 166 cm³/mol. The van der Waals surface area contributed by atoms with Gasteiger partial charge < -0.3 is 20.4 Å². The topological polar surface area (TPSA) is 72.8 Å². The highest BCUT2D eigenvalue weighted by molar-refractivity contribution is 14.1. The second-order valence-electron chi connectivity index (χ2n) is 10.1. The van der Waals surface area contributed by atoms with Crippen LogP contribution in [-0.4, -0.2) is 46.4 Å². The van der Waals surface area contributed by atoms with E-state index >= 15 is 0 Å². The molecular weight excluding hydrogens is 661 g/mol. The number of fused-ring (bicyclic) bond motifs is 3. The van der Waals surface area contributed by atoms with Gasteiger partial charge in [-0.15, -0.1) is 12.4 Å². The minimum atomic E-state index is -1.16. The Labute approximate surface area is 257 Å². The van der Waals surface area contributed by atoms with Crippen LogP contribution in [0.3, 0.4) is 0 Å². The van der Waals surface area contributed by atoms with Crippen LogP contribution in [0.4, 0.5) is 13.6 Å². The first-order valence-electron chi connectivity index (χ1n) is 13.1. The van der Waals surface area contributed by atoms with Gasteiger partial charge in [0.05, 0.1) is 12.6 Å². The molecule has 0 aliphatic heterocycles. The van der Waals surface area contributed by atoms with Gasteiger partial charge in [-0.3, -0.25) is 0 Å². The number of amides is 1. The minimum absolute atomic E-state index is 0. The number of aliphatic hydroxyl groups excluding tert-OH is 1. The smallest absolute Gasteiger partial charge is 0.407 e. The third-order valence-electron chi connectivity index (χ3n) is 7.33. The van der Waals surface area contributed by atoms with Crippen molar-refractivity contribution in [3.8, 4) is 11.1 Å². The standard InChI is InChI=1S/C32H29F2IN2O3.ClH/c33-22-12-21(13-23(34)16-22)15-30(31(38)19-37(32(39)40)18-20-6-5-7-24(35)14-20)36-17-29-27-10-3-1-8-25(27)26-9-2-4-11-28(26)29;/h1-14,16,29-31,36,38H,15,17-19H2,(H,39,40);1H. The van der Waals surface area contributed by atoms with Crippen LogP contribution >= 0.6 is 35.0 Å². The largest absolute Gasteiger partial charge is 0.465 e. The molecule has 3 N–H and O–H groups in total. The first kappa shape index (κ1) is 30.9. The van der Waals surface area contributed by atoms with Gasteiger partial charge in [-0.2, -0.15) is 0 Å². The summed E-state index contributed by atoms with van der Waals surface area (Å²) in [5.41, 5.74) is 5.81. The molecule has 0 saturated carbocycles. The predicted octanol–water partition coefficient (Wildman–Crippen LogP) is 6.85. The maximum atomic E-state index is 14.0. The molecule has 5 rings (SSSR count). The minimum Gasteiger partial charge on any atom is -0.465 e. The average molecular weight is 691 g/mol. The Balaban J connectivity index is 0.00000387. The van der Waals surface area contributed by atoms with Crippen LogP contribution < -0.4 is 5.32 Å². The van der Waals surface area contributed by atoms with Crippen molar-refractivity contribution >= 4 is 41.1 Å². The van der Waals surface area contributed by atoms with Gasteiger partial charge in [0.15, 0.2) is 0 Å². The van der Waals surface area contributed by atoms with Gasteiger partial charge in [-0.25, -0.2) is 13.6 Å². The molecule has 4 aromatic rings. The Bertz CT molecular complexity index is 1460. The normalized spacial score (nSPS) is 13.6. The quantitative estimate of drug-likeness (QED) is 0.159. The zero-order chi connectivity index (χ0) is 28.2. The number of aliphatic hydroxyl groups is 1. The molecule has 1 aliphatic rings. The van der Waals surface area contributed by atoms with Crippen LogP contribution in [0.5, 0.6) is 0 Å². The lowest BCUT2D eigenvalue weighted by molar-refractivity contribution is 0.0706. The first-order chi connectivity index (χ1) is 19.3. The molecule has 9 heteroatoms. The van der Waals surface area contributed by atoms with Crippen molar-refractivity contribution < 1.29 is 23.8 Å². The Morgan fingerprint density at radius 3 is 2.07 bits per heavy atom. The van der Waals surface area contributed by atoms with Crippen molar-refractivity contribution in [2.24, 2.45) is 0 Å². The van der Waals surface area contributed by atoms with E-state index in [1.165, 1.54) is 12.1 Å². The molecule has 5 nitrogen and oxygen atoms in total. The van der Waals surface area contributed by atoms with E-state index in [-0.39, 0.29) is 37.8 Å². The number of carbonyl (C=O) groups is 1. The van der Waals surface area contributed by atoms with Crippen LogP contribution in [0.25, 0.3) is 11.1 Å². The van der Waals surface area contributed by atoms with Crippen molar-refractivity contribution in [1.29, 1.82) is 0 Å². The Morgan fingerprint density at radius 2 is 1.49 bits per heavy atom. The third kappa shape index (κ3) is 7.43. The average Bonchev–Trinajstić information content (AvgIpc) is 3.23. The summed E-state index contributed by atoms with van der Waals surface area (Å²) in [5, 5.41) is 24.7. The summed E-state index contributed by atoms with van der Waals surface area (Å²) in [6, 6.07) is 26.5. The van der Waals surface area contributed by atoms with Gasteiger partial charge in [-0.1, -0.05) is 60.7 Å². The maximum absolute atomic E-state index is 14.0. The fourth-order valence-corrected chi connectivity index (χ4v) is 6.10. The molecule has 1 aliphatic carbocycles. The number of rotatable bonds is 10. The van der Waals surface area contributed by atoms with Gasteiger partial charge in [0.2, 0.25) is 0 Å². The highest BCUT2D eigenvalue weighted by atomic mass is 127. The lowest BCUT2D eigenvalue weighted by Crippen LogP contribution is -2.49. The highest BCUT2D eigenvalue weighted by Crippen LogP contribution is 2.44. The molecule has 0 bridgehead atoms. The molecular formula is C32H30ClF2IN2O3. The molecule has 4 aromatic carbocycles. The summed E-state index contributed by atoms with van der Waals surface area (Å²) in [7, 11) is 0. The fourth-order valence-electron chi connectivity index (χ4n) is 5.49. The molecule has 1 amide bonds. The highest BCUT2D eigenvalue weighted by Gasteiger charge is 2.30. The number of halogens is 4. The number of carboxylic acid groups (broad SMARTS) is 1. The summed E-state index contributed by atoms with van der Waals surface area (Å²) < 4.78 is 29.0. The van der Waals surface area contributed by atoms with Crippen LogP contribution in [0.2, 0.25) is 0 Å². The van der Waals surface area contributed by atoms with E-state index in [0.717, 1.165) is 42.4 Å². The summed E-state index contributed by atoms with van der Waals surface area (Å²) in [6.45, 7) is 0.388. The van der Waals surface area contributed by atoms with E-state index in [2.05, 4.69) is 52.2 Å². The van der Waals surface area contributed by atoms with E-state index in [1.807, 2.05) is 48.5 Å². The van der Waals surface area contributed by atoms with Gasteiger partial charge in [0.1, 0.15) is 11.6 Å². The maximum Gasteiger partial charge on any atom is 0.407 e. The summed E-state index contributed by atoms with van der Waals surface area (Å²) in [5.74, 6) is -1.39. The zero-order valence-electron chi connectivity index (χ0n) is 22.0. The van der Waals surface area contributed by atoms with Crippen LogP contribution in [0.15, 0.2) is 91.0 Å². The SMILES string of the molecule is Cl.O=C(O)N(Cc1cccc(I)c1)CC(O)C(Cc1cc(F)cc(F)c1)NCC1c2ccccc2-c2ccccc21. The summed E-state index contributed by atoms with van der Waals surface area (Å²) in [6.07, 6.45) is -2.19. The van der Waals surface area contributed by atoms with E-state index in [4.69, 9.17) is 0 Å². The van der Waals surface area contributed by atoms with E-state index in [9.17, 15) is 23.8 Å². The molecule has 41 heavy (non-hydrogen) atoms. The van der Waals surface area contributed by atoms with Crippen molar-refractivity contribution in [3.63, 3.8) is 0 Å². The lowest BCUT2D eigenvalue weighted by atomic mass is 9.95. The van der Waals surface area contributed by atoms with Gasteiger partial charge in [0, 0.05) is 34.7 Å². The number of nitrogens with zero attached hydrogens (tertiary/aromatic N) is 1. The molecule has 0 heterocycles. The molecule has 0 saturated heterocycles. The Morgan fingerprint density at radius 1 is 0.878 bits per heavy atom. The second-order valence-corrected chi connectivity index (χ2v) is 11.3. The second kappa shape index (κ2) is 13.7. The van der Waals surface area contributed by atoms with Crippen LogP contribution in [0.1, 0.15) is 28.2 Å². The third-order valence-corrected chi connectivity index (χ3v) is 8.00. The molecule has 2 unspecified atom stereocenters. The molecule has 2 atom stereocenters. The van der Waals surface area contributed by atoms with E-state index < -0.39 is 29.9 Å². The van der Waals surface area contributed by atoms with E-state index in [1.54, 1.807) is 0 Å². The molecule has 0 spiro atoms. The van der Waals surface area contributed by atoms with Gasteiger partial charge in [-0.05, 0) is 86.7 Å². The summed E-state index contributed by atoms with van der Waals surface area (Å²) in [4.78, 5) is 13.3. The number of nitrogens with one attached hydrogen (secondary N) is 1. The van der Waals surface area contributed by atoms with Crippen molar-refractivity contribution in [2.45, 2.75) is 31.0 Å². The van der Waals surface area contributed by atoms with Crippen molar-refractivity contribution in [1.82, 2.24) is 10.2 Å². The molecule has 0 radical (unpaired) electrons. The number of hydrogen-bond donors (Lipinski definition) is 3. The fraction of sp³-hybridized carbons (Fsp3) is 0.219. The van der Waals surface area contributed by atoms with E-state index in [0.29, 0.717) is 12.1 Å². The first-order valence-corrected chi connectivity index (χ1v) is 14.1. The number of hydrogen-bond acceptors (Lipinski definition) is 3. The molecule has 214 valence electrons. The van der Waals surface area contributed by atoms with Gasteiger partial charge in [0.25, 0.3) is 0 Å². The Kier molecular flexibility index (Phi) is 10.4. The monoisotopic (exact) mass is 690 g/mol. The zero-order valence-corrected chi connectivity index (χ0v) is 25.0.